The van der Waals surface area contributed by atoms with Crippen molar-refractivity contribution < 1.29 is 22.7 Å². The molecule has 0 aliphatic carbocycles. The van der Waals surface area contributed by atoms with Crippen molar-refractivity contribution in [1.82, 2.24) is 4.31 Å². The Morgan fingerprint density at radius 3 is 2.64 bits per heavy atom. The van der Waals surface area contributed by atoms with Gasteiger partial charge in [0.05, 0.1) is 31.4 Å². The van der Waals surface area contributed by atoms with Crippen molar-refractivity contribution in [3.05, 3.63) is 59.7 Å². The molecular formula is C21H23NO5S. The van der Waals surface area contributed by atoms with Gasteiger partial charge in [-0.25, -0.2) is 8.42 Å². The van der Waals surface area contributed by atoms with E-state index in [9.17, 15) is 13.2 Å². The zero-order chi connectivity index (χ0) is 19.8. The van der Waals surface area contributed by atoms with Crippen molar-refractivity contribution in [1.29, 1.82) is 0 Å². The first-order valence-electron chi connectivity index (χ1n) is 9.33. The van der Waals surface area contributed by atoms with E-state index in [1.807, 2.05) is 36.4 Å². The third-order valence-corrected chi connectivity index (χ3v) is 7.30. The Kier molecular flexibility index (Phi) is 4.89. The SMILES string of the molecule is COc1ccc(CCS(=O)(=O)N2CCC3(CC(=O)c4ccccc4O3)C2)cc1. The van der Waals surface area contributed by atoms with Crippen molar-refractivity contribution in [2.24, 2.45) is 0 Å². The van der Waals surface area contributed by atoms with E-state index in [2.05, 4.69) is 0 Å². The van der Waals surface area contributed by atoms with E-state index in [0.717, 1.165) is 11.3 Å². The molecule has 0 aromatic heterocycles. The van der Waals surface area contributed by atoms with Gasteiger partial charge in [0.1, 0.15) is 17.1 Å². The average molecular weight is 401 g/mol. The molecule has 148 valence electrons. The van der Waals surface area contributed by atoms with E-state index in [-0.39, 0.29) is 24.5 Å². The maximum absolute atomic E-state index is 12.8. The number of benzene rings is 2. The highest BCUT2D eigenvalue weighted by molar-refractivity contribution is 7.89. The number of aryl methyl sites for hydroxylation is 1. The number of Topliss-reactive ketones (excluding diaryl/α,β-unsaturated/α-hetero) is 1. The number of fused-ring (bicyclic) bond motifs is 1. The topological polar surface area (TPSA) is 72.9 Å². The zero-order valence-corrected chi connectivity index (χ0v) is 16.6. The number of ketones is 1. The summed E-state index contributed by atoms with van der Waals surface area (Å²) in [5.41, 5.74) is 0.767. The number of sulfonamides is 1. The highest BCUT2D eigenvalue weighted by Crippen LogP contribution is 2.39. The van der Waals surface area contributed by atoms with Crippen LogP contribution in [0.15, 0.2) is 48.5 Å². The van der Waals surface area contributed by atoms with Crippen LogP contribution < -0.4 is 9.47 Å². The van der Waals surface area contributed by atoms with Gasteiger partial charge in [0, 0.05) is 13.0 Å². The molecule has 0 bridgehead atoms. The van der Waals surface area contributed by atoms with E-state index in [0.29, 0.717) is 30.7 Å². The number of carbonyl (C=O) groups excluding carboxylic acids is 1. The third-order valence-electron chi connectivity index (χ3n) is 5.48. The van der Waals surface area contributed by atoms with Crippen LogP contribution in [0.25, 0.3) is 0 Å². The summed E-state index contributed by atoms with van der Waals surface area (Å²) >= 11 is 0. The predicted molar refractivity (Wildman–Crippen MR) is 105 cm³/mol. The Morgan fingerprint density at radius 2 is 1.89 bits per heavy atom. The van der Waals surface area contributed by atoms with E-state index in [1.54, 1.807) is 19.2 Å². The first-order valence-corrected chi connectivity index (χ1v) is 10.9. The minimum atomic E-state index is -3.43. The van der Waals surface area contributed by atoms with E-state index in [1.165, 1.54) is 4.31 Å². The number of ether oxygens (including phenoxy) is 2. The van der Waals surface area contributed by atoms with Gasteiger partial charge in [0.25, 0.3) is 0 Å². The monoisotopic (exact) mass is 401 g/mol. The van der Waals surface area contributed by atoms with Crippen molar-refractivity contribution in [2.45, 2.75) is 24.9 Å². The molecule has 2 aliphatic heterocycles. The second-order valence-corrected chi connectivity index (χ2v) is 9.47. The highest BCUT2D eigenvalue weighted by Gasteiger charge is 2.48. The minimum absolute atomic E-state index is 0.0133. The van der Waals surface area contributed by atoms with Crippen molar-refractivity contribution in [2.75, 3.05) is 26.0 Å². The first kappa shape index (κ1) is 19.0. The second kappa shape index (κ2) is 7.22. The Bertz CT molecular complexity index is 986. The summed E-state index contributed by atoms with van der Waals surface area (Å²) < 4.78 is 38.4. The van der Waals surface area contributed by atoms with Crippen LogP contribution in [0.5, 0.6) is 11.5 Å². The number of rotatable bonds is 5. The van der Waals surface area contributed by atoms with Crippen molar-refractivity contribution >= 4 is 15.8 Å². The summed E-state index contributed by atoms with van der Waals surface area (Å²) in [6, 6.07) is 14.6. The molecule has 1 atom stereocenters. The molecule has 2 aromatic carbocycles. The lowest BCUT2D eigenvalue weighted by Crippen LogP contribution is -2.45. The molecule has 0 N–H and O–H groups in total. The maximum atomic E-state index is 12.8. The summed E-state index contributed by atoms with van der Waals surface area (Å²) in [4.78, 5) is 12.5. The molecule has 1 spiro atoms. The largest absolute Gasteiger partial charge is 0.497 e. The van der Waals surface area contributed by atoms with Gasteiger partial charge in [-0.15, -0.1) is 0 Å². The van der Waals surface area contributed by atoms with Gasteiger partial charge in [0.2, 0.25) is 10.0 Å². The van der Waals surface area contributed by atoms with Crippen LogP contribution >= 0.6 is 0 Å². The lowest BCUT2D eigenvalue weighted by molar-refractivity contribution is 0.0498. The molecular weight excluding hydrogens is 378 g/mol. The van der Waals surface area contributed by atoms with E-state index in [4.69, 9.17) is 9.47 Å². The average Bonchev–Trinajstić information content (AvgIpc) is 3.11. The molecule has 7 heteroatoms. The fourth-order valence-electron chi connectivity index (χ4n) is 3.88. The van der Waals surface area contributed by atoms with Crippen molar-refractivity contribution in [3.63, 3.8) is 0 Å². The maximum Gasteiger partial charge on any atom is 0.214 e. The summed E-state index contributed by atoms with van der Waals surface area (Å²) in [6.07, 6.45) is 1.17. The Morgan fingerprint density at radius 1 is 1.14 bits per heavy atom. The van der Waals surface area contributed by atoms with E-state index < -0.39 is 15.6 Å². The molecule has 0 amide bonds. The van der Waals surface area contributed by atoms with Crippen LogP contribution in [-0.4, -0.2) is 50.1 Å². The number of methoxy groups -OCH3 is 1. The molecule has 0 saturated carbocycles. The minimum Gasteiger partial charge on any atom is -0.497 e. The standard InChI is InChI=1S/C21H23NO5S/c1-26-17-8-6-16(7-9-17)10-13-28(24,25)22-12-11-21(15-22)14-19(23)18-4-2-3-5-20(18)27-21/h2-9H,10-15H2,1H3. The van der Waals surface area contributed by atoms with E-state index >= 15 is 0 Å². The molecule has 6 nitrogen and oxygen atoms in total. The molecule has 1 unspecified atom stereocenters. The smallest absolute Gasteiger partial charge is 0.214 e. The van der Waals surface area contributed by atoms with Crippen LogP contribution in [-0.2, 0) is 16.4 Å². The first-order chi connectivity index (χ1) is 13.4. The molecule has 0 radical (unpaired) electrons. The number of hydrogen-bond donors (Lipinski definition) is 0. The normalized spacial score (nSPS) is 22.1. The molecule has 28 heavy (non-hydrogen) atoms. The molecule has 2 aromatic rings. The Hall–Kier alpha value is -2.38. The van der Waals surface area contributed by atoms with Crippen LogP contribution in [0, 0.1) is 0 Å². The number of para-hydroxylation sites is 1. The van der Waals surface area contributed by atoms with Crippen LogP contribution in [0.3, 0.4) is 0 Å². The van der Waals surface area contributed by atoms with Gasteiger partial charge >= 0.3 is 0 Å². The number of carbonyl (C=O) groups is 1. The van der Waals surface area contributed by atoms with Gasteiger partial charge in [0.15, 0.2) is 5.78 Å². The van der Waals surface area contributed by atoms with Gasteiger partial charge in [-0.05, 0) is 36.2 Å². The second-order valence-electron chi connectivity index (χ2n) is 7.38. The summed E-state index contributed by atoms with van der Waals surface area (Å²) in [7, 11) is -1.84. The van der Waals surface area contributed by atoms with Gasteiger partial charge in [-0.2, -0.15) is 4.31 Å². The number of hydrogen-bond acceptors (Lipinski definition) is 5. The quantitative estimate of drug-likeness (QED) is 0.770. The summed E-state index contributed by atoms with van der Waals surface area (Å²) in [6.45, 7) is 0.596. The molecule has 1 saturated heterocycles. The van der Waals surface area contributed by atoms with Crippen LogP contribution in [0.4, 0.5) is 0 Å². The lowest BCUT2D eigenvalue weighted by Gasteiger charge is -2.34. The third kappa shape index (κ3) is 3.64. The molecule has 1 fully saturated rings. The van der Waals surface area contributed by atoms with Gasteiger partial charge in [-0.1, -0.05) is 24.3 Å². The molecule has 4 rings (SSSR count). The highest BCUT2D eigenvalue weighted by atomic mass is 32.2. The van der Waals surface area contributed by atoms with Gasteiger partial charge in [-0.3, -0.25) is 4.79 Å². The lowest BCUT2D eigenvalue weighted by atomic mass is 9.89. The molecule has 2 aliphatic rings. The Labute approximate surface area is 165 Å². The fraction of sp³-hybridized carbons (Fsp3) is 0.381. The number of nitrogens with zero attached hydrogens (tertiary/aromatic N) is 1. The van der Waals surface area contributed by atoms with Gasteiger partial charge < -0.3 is 9.47 Å². The summed E-state index contributed by atoms with van der Waals surface area (Å²) in [5, 5.41) is 0. The fourth-order valence-corrected chi connectivity index (χ4v) is 5.44. The zero-order valence-electron chi connectivity index (χ0n) is 15.8. The van der Waals surface area contributed by atoms with Crippen molar-refractivity contribution in [3.8, 4) is 11.5 Å². The predicted octanol–water partition coefficient (Wildman–Crippen LogP) is 2.68. The van der Waals surface area contributed by atoms with Crippen LogP contribution in [0.1, 0.15) is 28.8 Å². The summed E-state index contributed by atoms with van der Waals surface area (Å²) in [5.74, 6) is 1.34. The molecule has 2 heterocycles. The Balaban J connectivity index is 1.43. The van der Waals surface area contributed by atoms with Crippen LogP contribution in [0.2, 0.25) is 0 Å².